The number of fused-ring (bicyclic) bond motifs is 1. The van der Waals surface area contributed by atoms with Gasteiger partial charge < -0.3 is 10.5 Å². The third-order valence-corrected chi connectivity index (χ3v) is 4.72. The normalized spacial score (nSPS) is 25.4. The highest BCUT2D eigenvalue weighted by molar-refractivity contribution is 5.81. The van der Waals surface area contributed by atoms with Gasteiger partial charge in [-0.3, -0.25) is 4.57 Å². The summed E-state index contributed by atoms with van der Waals surface area (Å²) in [6, 6.07) is 0. The molecule has 0 unspecified atom stereocenters. The molecular weight excluding hydrogens is 254 g/mol. The fourth-order valence-corrected chi connectivity index (χ4v) is 3.32. The summed E-state index contributed by atoms with van der Waals surface area (Å²) in [5, 5.41) is 0. The summed E-state index contributed by atoms with van der Waals surface area (Å²) >= 11 is 0. The van der Waals surface area contributed by atoms with Crippen LogP contribution < -0.4 is 5.73 Å². The van der Waals surface area contributed by atoms with Crippen LogP contribution in [0.2, 0.25) is 0 Å². The average molecular weight is 275 g/mol. The van der Waals surface area contributed by atoms with Crippen LogP contribution in [0, 0.1) is 5.92 Å². The third kappa shape index (κ3) is 1.78. The number of hydrogen-bond acceptors (Lipinski definition) is 5. The summed E-state index contributed by atoms with van der Waals surface area (Å²) in [6.07, 6.45) is 6.21. The summed E-state index contributed by atoms with van der Waals surface area (Å²) < 4.78 is 8.36. The van der Waals surface area contributed by atoms with E-state index in [4.69, 9.17) is 10.5 Å². The van der Waals surface area contributed by atoms with Crippen LogP contribution in [-0.2, 0) is 4.74 Å². The maximum atomic E-state index is 6.37. The standard InChI is InChI=1S/C14H21N5O/c1-4-14(5-2)9(3)6-10(20-14)19-8-18-11-12(15)16-7-17-13(11)19/h7-10H,4-6H2,1-3H3,(H2,15,16,17)/t9-,10+/m0/s1. The number of nitrogen functional groups attached to an aromatic ring is 1. The SMILES string of the molecule is CCC1(CC)O[C@@H](n2cnc3c(N)ncnc32)C[C@@H]1C. The number of hydrogen-bond donors (Lipinski definition) is 1. The van der Waals surface area contributed by atoms with Crippen LogP contribution in [0.5, 0.6) is 0 Å². The molecule has 0 bridgehead atoms. The molecule has 6 nitrogen and oxygen atoms in total. The highest BCUT2D eigenvalue weighted by Crippen LogP contribution is 2.45. The van der Waals surface area contributed by atoms with E-state index >= 15 is 0 Å². The number of nitrogens with zero attached hydrogens (tertiary/aromatic N) is 4. The molecule has 0 radical (unpaired) electrons. The molecule has 2 aromatic heterocycles. The monoisotopic (exact) mass is 275 g/mol. The summed E-state index contributed by atoms with van der Waals surface area (Å²) in [6.45, 7) is 6.64. The van der Waals surface area contributed by atoms with Gasteiger partial charge in [0, 0.05) is 0 Å². The Balaban J connectivity index is 1.99. The zero-order valence-corrected chi connectivity index (χ0v) is 12.2. The van der Waals surface area contributed by atoms with Crippen molar-refractivity contribution >= 4 is 17.0 Å². The largest absolute Gasteiger partial charge is 0.382 e. The van der Waals surface area contributed by atoms with Crippen LogP contribution in [0.25, 0.3) is 11.2 Å². The fraction of sp³-hybridized carbons (Fsp3) is 0.643. The Hall–Kier alpha value is -1.69. The number of anilines is 1. The van der Waals surface area contributed by atoms with Gasteiger partial charge in [0.2, 0.25) is 0 Å². The van der Waals surface area contributed by atoms with Gasteiger partial charge in [-0.05, 0) is 25.2 Å². The molecule has 1 saturated heterocycles. The minimum absolute atomic E-state index is 0.0239. The Morgan fingerprint density at radius 3 is 2.75 bits per heavy atom. The molecule has 2 N–H and O–H groups in total. The fourth-order valence-electron chi connectivity index (χ4n) is 3.32. The van der Waals surface area contributed by atoms with Gasteiger partial charge in [-0.25, -0.2) is 15.0 Å². The summed E-state index contributed by atoms with van der Waals surface area (Å²) in [4.78, 5) is 12.6. The first kappa shape index (κ1) is 13.3. The lowest BCUT2D eigenvalue weighted by Gasteiger charge is -2.30. The van der Waals surface area contributed by atoms with E-state index in [0.29, 0.717) is 17.3 Å². The van der Waals surface area contributed by atoms with Gasteiger partial charge in [0.05, 0.1) is 11.9 Å². The van der Waals surface area contributed by atoms with E-state index in [0.717, 1.165) is 24.9 Å². The van der Waals surface area contributed by atoms with E-state index in [1.807, 2.05) is 4.57 Å². The van der Waals surface area contributed by atoms with Crippen molar-refractivity contribution in [2.45, 2.75) is 51.9 Å². The van der Waals surface area contributed by atoms with Crippen molar-refractivity contribution in [2.75, 3.05) is 5.73 Å². The first-order valence-electron chi connectivity index (χ1n) is 7.22. The van der Waals surface area contributed by atoms with E-state index in [2.05, 4.69) is 35.7 Å². The van der Waals surface area contributed by atoms with Crippen molar-refractivity contribution in [1.82, 2.24) is 19.5 Å². The molecule has 2 atom stereocenters. The van der Waals surface area contributed by atoms with Crippen molar-refractivity contribution < 1.29 is 4.74 Å². The molecule has 0 aromatic carbocycles. The second kappa shape index (κ2) is 4.70. The third-order valence-electron chi connectivity index (χ3n) is 4.72. The molecule has 1 aliphatic heterocycles. The van der Waals surface area contributed by atoms with E-state index in [-0.39, 0.29) is 11.8 Å². The van der Waals surface area contributed by atoms with Crippen molar-refractivity contribution in [3.8, 4) is 0 Å². The molecule has 1 aliphatic rings. The second-order valence-electron chi connectivity index (χ2n) is 5.56. The number of nitrogens with two attached hydrogens (primary N) is 1. The quantitative estimate of drug-likeness (QED) is 0.931. The summed E-state index contributed by atoms with van der Waals surface area (Å²) in [7, 11) is 0. The molecule has 2 aromatic rings. The minimum Gasteiger partial charge on any atom is -0.382 e. The van der Waals surface area contributed by atoms with Gasteiger partial charge in [-0.15, -0.1) is 0 Å². The van der Waals surface area contributed by atoms with E-state index in [1.165, 1.54) is 6.33 Å². The number of imidazole rings is 1. The maximum Gasteiger partial charge on any atom is 0.167 e. The first-order valence-corrected chi connectivity index (χ1v) is 7.22. The number of rotatable bonds is 3. The molecule has 0 amide bonds. The van der Waals surface area contributed by atoms with Gasteiger partial charge in [0.15, 0.2) is 11.5 Å². The highest BCUT2D eigenvalue weighted by Gasteiger charge is 2.44. The van der Waals surface area contributed by atoms with Crippen LogP contribution in [0.3, 0.4) is 0 Å². The molecule has 6 heteroatoms. The second-order valence-corrected chi connectivity index (χ2v) is 5.56. The Morgan fingerprint density at radius 1 is 1.35 bits per heavy atom. The smallest absolute Gasteiger partial charge is 0.167 e. The van der Waals surface area contributed by atoms with Crippen LogP contribution in [0.1, 0.15) is 46.3 Å². The number of ether oxygens (including phenoxy) is 1. The molecule has 0 spiro atoms. The van der Waals surface area contributed by atoms with Crippen molar-refractivity contribution in [1.29, 1.82) is 0 Å². The van der Waals surface area contributed by atoms with E-state index in [9.17, 15) is 0 Å². The van der Waals surface area contributed by atoms with Gasteiger partial charge in [-0.1, -0.05) is 20.8 Å². The Morgan fingerprint density at radius 2 is 2.10 bits per heavy atom. The molecular formula is C14H21N5O. The number of aromatic nitrogens is 4. The van der Waals surface area contributed by atoms with Gasteiger partial charge in [0.25, 0.3) is 0 Å². The maximum absolute atomic E-state index is 6.37. The summed E-state index contributed by atoms with van der Waals surface area (Å²) in [5.74, 6) is 0.927. The van der Waals surface area contributed by atoms with Crippen LogP contribution in [0.15, 0.2) is 12.7 Å². The van der Waals surface area contributed by atoms with E-state index in [1.54, 1.807) is 6.33 Å². The van der Waals surface area contributed by atoms with Crippen LogP contribution in [-0.4, -0.2) is 25.1 Å². The van der Waals surface area contributed by atoms with E-state index < -0.39 is 0 Å². The molecule has 20 heavy (non-hydrogen) atoms. The van der Waals surface area contributed by atoms with Crippen molar-refractivity contribution in [3.63, 3.8) is 0 Å². The molecule has 1 fully saturated rings. The molecule has 3 heterocycles. The molecule has 0 saturated carbocycles. The average Bonchev–Trinajstić information content (AvgIpc) is 3.01. The highest BCUT2D eigenvalue weighted by atomic mass is 16.5. The van der Waals surface area contributed by atoms with Gasteiger partial charge in [-0.2, -0.15) is 0 Å². The Labute approximate surface area is 118 Å². The van der Waals surface area contributed by atoms with Crippen LogP contribution in [0.4, 0.5) is 5.82 Å². The first-order chi connectivity index (χ1) is 9.61. The predicted octanol–water partition coefficient (Wildman–Crippen LogP) is 2.52. The Kier molecular flexibility index (Phi) is 3.12. The zero-order valence-electron chi connectivity index (χ0n) is 12.2. The lowest BCUT2D eigenvalue weighted by molar-refractivity contribution is -0.0862. The van der Waals surface area contributed by atoms with Crippen molar-refractivity contribution in [3.05, 3.63) is 12.7 Å². The topological polar surface area (TPSA) is 78.9 Å². The molecule has 3 rings (SSSR count). The molecule has 0 aliphatic carbocycles. The molecule has 108 valence electrons. The minimum atomic E-state index is -0.0418. The summed E-state index contributed by atoms with van der Waals surface area (Å²) in [5.41, 5.74) is 7.19. The van der Waals surface area contributed by atoms with Gasteiger partial charge in [0.1, 0.15) is 18.1 Å². The van der Waals surface area contributed by atoms with Crippen LogP contribution >= 0.6 is 0 Å². The zero-order chi connectivity index (χ0) is 14.3. The predicted molar refractivity (Wildman–Crippen MR) is 77.0 cm³/mol. The van der Waals surface area contributed by atoms with Crippen molar-refractivity contribution in [2.24, 2.45) is 5.92 Å². The van der Waals surface area contributed by atoms with Gasteiger partial charge >= 0.3 is 0 Å². The lowest BCUT2D eigenvalue weighted by atomic mass is 9.84. The lowest BCUT2D eigenvalue weighted by Crippen LogP contribution is -2.32. The Bertz CT molecular complexity index is 619.